The first-order chi connectivity index (χ1) is 12.0. The maximum absolute atomic E-state index is 12.2. The number of nitrogens with zero attached hydrogens (tertiary/aromatic N) is 2. The molecule has 2 amide bonds. The molecule has 6 nitrogen and oxygen atoms in total. The molecule has 0 atom stereocenters. The number of carbonyl (C=O) groups is 3. The van der Waals surface area contributed by atoms with Crippen LogP contribution in [0, 0.1) is 0 Å². The van der Waals surface area contributed by atoms with E-state index in [1.165, 1.54) is 5.56 Å². The second-order valence-corrected chi connectivity index (χ2v) is 6.22. The van der Waals surface area contributed by atoms with Gasteiger partial charge in [-0.05, 0) is 35.7 Å². The van der Waals surface area contributed by atoms with Crippen LogP contribution in [-0.2, 0) is 22.5 Å². The summed E-state index contributed by atoms with van der Waals surface area (Å²) in [5.41, 5.74) is 3.66. The monoisotopic (exact) mass is 336 g/mol. The molecule has 6 heteroatoms. The second kappa shape index (κ2) is 5.73. The average molecular weight is 336 g/mol. The Labute approximate surface area is 144 Å². The number of hydrogen-bond donors (Lipinski definition) is 0. The van der Waals surface area contributed by atoms with Gasteiger partial charge in [-0.3, -0.25) is 9.59 Å². The highest BCUT2D eigenvalue weighted by atomic mass is 16.7. The molecule has 2 aliphatic rings. The lowest BCUT2D eigenvalue weighted by Gasteiger charge is -2.14. The van der Waals surface area contributed by atoms with Gasteiger partial charge in [0.1, 0.15) is 0 Å². The predicted octanol–water partition coefficient (Wildman–Crippen LogP) is 1.98. The third kappa shape index (κ3) is 2.55. The van der Waals surface area contributed by atoms with Crippen LogP contribution in [0.15, 0.2) is 42.5 Å². The first kappa shape index (κ1) is 15.4. The topological polar surface area (TPSA) is 66.9 Å². The van der Waals surface area contributed by atoms with E-state index < -0.39 is 17.8 Å². The van der Waals surface area contributed by atoms with Crippen molar-refractivity contribution in [1.82, 2.24) is 5.06 Å². The van der Waals surface area contributed by atoms with Crippen LogP contribution in [0.1, 0.15) is 31.8 Å². The third-order valence-corrected chi connectivity index (χ3v) is 4.57. The first-order valence-electron chi connectivity index (χ1n) is 8.06. The Morgan fingerprint density at radius 1 is 1.08 bits per heavy atom. The molecule has 25 heavy (non-hydrogen) atoms. The summed E-state index contributed by atoms with van der Waals surface area (Å²) >= 11 is 0. The van der Waals surface area contributed by atoms with Crippen LogP contribution in [0.4, 0.5) is 5.69 Å². The molecule has 2 aliphatic heterocycles. The Kier molecular flexibility index (Phi) is 3.53. The molecule has 2 heterocycles. The molecule has 126 valence electrons. The van der Waals surface area contributed by atoms with Crippen molar-refractivity contribution in [3.63, 3.8) is 0 Å². The maximum Gasteiger partial charge on any atom is 0.337 e. The van der Waals surface area contributed by atoms with Crippen molar-refractivity contribution in [2.45, 2.75) is 12.8 Å². The van der Waals surface area contributed by atoms with Gasteiger partial charge < -0.3 is 9.74 Å². The summed E-state index contributed by atoms with van der Waals surface area (Å²) in [6.07, 6.45) is 0.942. The second-order valence-electron chi connectivity index (χ2n) is 6.22. The highest BCUT2D eigenvalue weighted by Crippen LogP contribution is 2.28. The lowest BCUT2D eigenvalue weighted by Crippen LogP contribution is -2.33. The number of carbonyl (C=O) groups excluding carboxylic acids is 3. The maximum atomic E-state index is 12.2. The van der Waals surface area contributed by atoms with E-state index in [4.69, 9.17) is 4.84 Å². The van der Waals surface area contributed by atoms with E-state index in [0.29, 0.717) is 5.06 Å². The van der Waals surface area contributed by atoms with Gasteiger partial charge in [0.25, 0.3) is 11.8 Å². The predicted molar refractivity (Wildman–Crippen MR) is 90.2 cm³/mol. The summed E-state index contributed by atoms with van der Waals surface area (Å²) < 4.78 is 0. The lowest BCUT2D eigenvalue weighted by molar-refractivity contribution is -0.167. The zero-order valence-corrected chi connectivity index (χ0v) is 13.7. The molecule has 0 spiro atoms. The largest absolute Gasteiger partial charge is 0.374 e. The van der Waals surface area contributed by atoms with Crippen molar-refractivity contribution in [2.75, 3.05) is 18.5 Å². The van der Waals surface area contributed by atoms with Crippen LogP contribution in [0.3, 0.4) is 0 Å². The molecule has 0 bridgehead atoms. The molecule has 0 N–H and O–H groups in total. The van der Waals surface area contributed by atoms with Gasteiger partial charge in [0.2, 0.25) is 0 Å². The standard InChI is InChI=1S/C19H16N2O4/c1-20-9-8-13-10-12(6-7-16(13)20)11-17(22)25-21-18(23)14-4-2-3-5-15(14)19(21)24/h2-7,10H,8-9,11H2,1H3. The summed E-state index contributed by atoms with van der Waals surface area (Å²) in [4.78, 5) is 43.8. The fraction of sp³-hybridized carbons (Fsp3) is 0.211. The number of benzene rings is 2. The number of fused-ring (bicyclic) bond motifs is 2. The molecule has 0 radical (unpaired) electrons. The van der Waals surface area contributed by atoms with Gasteiger partial charge in [-0.25, -0.2) is 4.79 Å². The number of anilines is 1. The Morgan fingerprint density at radius 2 is 1.76 bits per heavy atom. The molecule has 0 unspecified atom stereocenters. The molecule has 0 saturated carbocycles. The van der Waals surface area contributed by atoms with E-state index in [1.807, 2.05) is 25.2 Å². The van der Waals surface area contributed by atoms with Crippen molar-refractivity contribution in [2.24, 2.45) is 0 Å². The summed E-state index contributed by atoms with van der Waals surface area (Å²) in [5, 5.41) is 0.550. The van der Waals surface area contributed by atoms with Crippen molar-refractivity contribution in [3.05, 3.63) is 64.7 Å². The van der Waals surface area contributed by atoms with Gasteiger partial charge in [0.05, 0.1) is 17.5 Å². The molecule has 0 saturated heterocycles. The first-order valence-corrected chi connectivity index (χ1v) is 8.06. The lowest BCUT2D eigenvalue weighted by atomic mass is 10.1. The smallest absolute Gasteiger partial charge is 0.337 e. The van der Waals surface area contributed by atoms with Crippen molar-refractivity contribution < 1.29 is 19.2 Å². The molecule has 0 aromatic heterocycles. The van der Waals surface area contributed by atoms with Gasteiger partial charge in [0, 0.05) is 19.3 Å². The molecule has 2 aromatic rings. The fourth-order valence-corrected chi connectivity index (χ4v) is 3.28. The van der Waals surface area contributed by atoms with Gasteiger partial charge in [-0.2, -0.15) is 0 Å². The number of imide groups is 1. The number of rotatable bonds is 3. The normalized spacial score (nSPS) is 15.4. The molecular weight excluding hydrogens is 320 g/mol. The van der Waals surface area contributed by atoms with E-state index in [-0.39, 0.29) is 17.5 Å². The SMILES string of the molecule is CN1CCc2cc(CC(=O)ON3C(=O)c4ccccc4C3=O)ccc21. The minimum atomic E-state index is -0.638. The summed E-state index contributed by atoms with van der Waals surface area (Å²) in [5.74, 6) is -1.85. The van der Waals surface area contributed by atoms with Crippen LogP contribution < -0.4 is 4.90 Å². The van der Waals surface area contributed by atoms with E-state index >= 15 is 0 Å². The highest BCUT2D eigenvalue weighted by Gasteiger charge is 2.38. The average Bonchev–Trinajstić information content (AvgIpc) is 3.09. The minimum absolute atomic E-state index is 0.00436. The molecule has 0 fully saturated rings. The van der Waals surface area contributed by atoms with E-state index in [1.54, 1.807) is 24.3 Å². The van der Waals surface area contributed by atoms with E-state index in [0.717, 1.165) is 24.2 Å². The molecule has 0 aliphatic carbocycles. The zero-order chi connectivity index (χ0) is 17.6. The van der Waals surface area contributed by atoms with Crippen molar-refractivity contribution in [1.29, 1.82) is 0 Å². The number of hydroxylamine groups is 2. The Hall–Kier alpha value is -3.15. The summed E-state index contributed by atoms with van der Waals surface area (Å²) in [7, 11) is 2.03. The number of likely N-dealkylation sites (N-methyl/N-ethyl adjacent to an activating group) is 1. The highest BCUT2D eigenvalue weighted by molar-refractivity contribution is 6.20. The van der Waals surface area contributed by atoms with Crippen LogP contribution in [0.2, 0.25) is 0 Å². The van der Waals surface area contributed by atoms with Gasteiger partial charge in [0.15, 0.2) is 0 Å². The molecular formula is C19H16N2O4. The van der Waals surface area contributed by atoms with Gasteiger partial charge >= 0.3 is 5.97 Å². The molecule has 2 aromatic carbocycles. The Morgan fingerprint density at radius 3 is 2.44 bits per heavy atom. The fourth-order valence-electron chi connectivity index (χ4n) is 3.28. The van der Waals surface area contributed by atoms with Crippen molar-refractivity contribution >= 4 is 23.5 Å². The van der Waals surface area contributed by atoms with Crippen LogP contribution >= 0.6 is 0 Å². The zero-order valence-electron chi connectivity index (χ0n) is 13.7. The van der Waals surface area contributed by atoms with E-state index in [2.05, 4.69) is 4.90 Å². The minimum Gasteiger partial charge on any atom is -0.374 e. The third-order valence-electron chi connectivity index (χ3n) is 4.57. The van der Waals surface area contributed by atoms with Crippen LogP contribution in [0.5, 0.6) is 0 Å². The Balaban J connectivity index is 1.47. The molecule has 4 rings (SSSR count). The van der Waals surface area contributed by atoms with Crippen LogP contribution in [0.25, 0.3) is 0 Å². The Bertz CT molecular complexity index is 871. The summed E-state index contributed by atoms with van der Waals surface area (Å²) in [6, 6.07) is 12.2. The van der Waals surface area contributed by atoms with Gasteiger partial charge in [-0.15, -0.1) is 0 Å². The van der Waals surface area contributed by atoms with Crippen molar-refractivity contribution in [3.8, 4) is 0 Å². The van der Waals surface area contributed by atoms with Gasteiger partial charge in [-0.1, -0.05) is 29.3 Å². The number of amides is 2. The number of hydrogen-bond acceptors (Lipinski definition) is 5. The van der Waals surface area contributed by atoms with Crippen LogP contribution in [-0.4, -0.2) is 36.4 Å². The summed E-state index contributed by atoms with van der Waals surface area (Å²) in [6.45, 7) is 0.957. The van der Waals surface area contributed by atoms with E-state index in [9.17, 15) is 14.4 Å². The quantitative estimate of drug-likeness (QED) is 0.802.